The van der Waals surface area contributed by atoms with E-state index in [2.05, 4.69) is 38.1 Å². The molecule has 1 aliphatic rings. The molecule has 30 heavy (non-hydrogen) atoms. The summed E-state index contributed by atoms with van der Waals surface area (Å²) in [5, 5.41) is 24.7. The fourth-order valence-electron chi connectivity index (χ4n) is 4.52. The van der Waals surface area contributed by atoms with E-state index in [4.69, 9.17) is 4.98 Å². The normalized spacial score (nSPS) is 19.8. The summed E-state index contributed by atoms with van der Waals surface area (Å²) in [5.41, 5.74) is 5.79. The Bertz CT molecular complexity index is 1230. The second-order valence-corrected chi connectivity index (χ2v) is 8.93. The Morgan fingerprint density at radius 3 is 2.63 bits per heavy atom. The van der Waals surface area contributed by atoms with Crippen molar-refractivity contribution in [1.82, 2.24) is 19.6 Å². The highest BCUT2D eigenvalue weighted by atomic mass is 79.9. The van der Waals surface area contributed by atoms with E-state index in [-0.39, 0.29) is 11.8 Å². The lowest BCUT2D eigenvalue weighted by Gasteiger charge is -2.29. The van der Waals surface area contributed by atoms with Crippen molar-refractivity contribution < 1.29 is 10.2 Å². The average Bonchev–Trinajstić information content (AvgIpc) is 3.20. The smallest absolute Gasteiger partial charge is 0.163 e. The van der Waals surface area contributed by atoms with Crippen LogP contribution in [0.1, 0.15) is 43.0 Å². The maximum Gasteiger partial charge on any atom is 0.163 e. The molecule has 5 rings (SSSR count). The molecule has 0 atom stereocenters. The lowest BCUT2D eigenvalue weighted by atomic mass is 9.80. The molecule has 0 saturated heterocycles. The zero-order valence-electron chi connectivity index (χ0n) is 16.7. The van der Waals surface area contributed by atoms with Crippen molar-refractivity contribution in [2.45, 2.75) is 44.8 Å². The van der Waals surface area contributed by atoms with Crippen LogP contribution in [-0.4, -0.2) is 36.1 Å². The number of aliphatic hydroxyl groups excluding tert-OH is 1. The highest BCUT2D eigenvalue weighted by Gasteiger charge is 2.29. The molecule has 0 unspecified atom stereocenters. The summed E-state index contributed by atoms with van der Waals surface area (Å²) >= 11 is 3.74. The third kappa shape index (κ3) is 3.31. The molecule has 0 radical (unpaired) electrons. The van der Waals surface area contributed by atoms with Crippen LogP contribution >= 0.6 is 15.9 Å². The number of fused-ring (bicyclic) bond motifs is 2. The number of benzene rings is 1. The first-order chi connectivity index (χ1) is 14.5. The number of halogens is 1. The molecule has 3 aromatic heterocycles. The molecule has 3 heterocycles. The lowest BCUT2D eigenvalue weighted by Crippen LogP contribution is -2.25. The Labute approximate surface area is 182 Å². The minimum Gasteiger partial charge on any atom is -0.368 e. The quantitative estimate of drug-likeness (QED) is 0.431. The summed E-state index contributed by atoms with van der Waals surface area (Å²) < 4.78 is 2.86. The van der Waals surface area contributed by atoms with Gasteiger partial charge >= 0.3 is 0 Å². The minimum absolute atomic E-state index is 0.0425. The van der Waals surface area contributed by atoms with Crippen LogP contribution in [0.2, 0.25) is 0 Å². The number of nitrogens with zero attached hydrogens (tertiary/aromatic N) is 4. The summed E-state index contributed by atoms with van der Waals surface area (Å²) in [4.78, 5) is 9.65. The molecule has 0 aliphatic heterocycles. The summed E-state index contributed by atoms with van der Waals surface area (Å²) in [6, 6.07) is 10.2. The lowest BCUT2D eigenvalue weighted by molar-refractivity contribution is -0.0938. The van der Waals surface area contributed by atoms with Gasteiger partial charge in [0.05, 0.1) is 27.6 Å². The van der Waals surface area contributed by atoms with Gasteiger partial charge in [-0.05, 0) is 60.7 Å². The van der Waals surface area contributed by atoms with E-state index in [1.54, 1.807) is 0 Å². The molecule has 7 heteroatoms. The monoisotopic (exact) mass is 466 g/mol. The van der Waals surface area contributed by atoms with Crippen LogP contribution in [0.5, 0.6) is 0 Å². The van der Waals surface area contributed by atoms with Gasteiger partial charge in [-0.25, -0.2) is 9.50 Å². The van der Waals surface area contributed by atoms with E-state index >= 15 is 0 Å². The SMILES string of the molecule is Cc1c(Br)c(C2CCC(C(O)O)CC2)nc2c(-c3cnc4ccccc4c3)cnn12. The summed E-state index contributed by atoms with van der Waals surface area (Å²) in [6.45, 7) is 2.04. The van der Waals surface area contributed by atoms with E-state index in [1.807, 2.05) is 42.0 Å². The number of rotatable bonds is 3. The molecule has 1 fully saturated rings. The highest BCUT2D eigenvalue weighted by molar-refractivity contribution is 9.10. The van der Waals surface area contributed by atoms with Gasteiger partial charge in [-0.15, -0.1) is 0 Å². The molecule has 0 spiro atoms. The zero-order chi connectivity index (χ0) is 20.8. The molecule has 1 saturated carbocycles. The van der Waals surface area contributed by atoms with E-state index in [1.165, 1.54) is 0 Å². The Morgan fingerprint density at radius 1 is 1.10 bits per heavy atom. The Balaban J connectivity index is 1.58. The van der Waals surface area contributed by atoms with Crippen LogP contribution in [0.4, 0.5) is 0 Å². The maximum atomic E-state index is 9.50. The number of aliphatic hydroxyl groups is 2. The molecule has 4 aromatic rings. The topological polar surface area (TPSA) is 83.5 Å². The van der Waals surface area contributed by atoms with Crippen molar-refractivity contribution in [3.05, 3.63) is 58.6 Å². The molecule has 6 nitrogen and oxygen atoms in total. The van der Waals surface area contributed by atoms with Gasteiger partial charge in [-0.2, -0.15) is 5.10 Å². The highest BCUT2D eigenvalue weighted by Crippen LogP contribution is 2.40. The fourth-order valence-corrected chi connectivity index (χ4v) is 5.10. The van der Waals surface area contributed by atoms with Gasteiger partial charge in [0, 0.05) is 34.5 Å². The van der Waals surface area contributed by atoms with Crippen molar-refractivity contribution in [1.29, 1.82) is 0 Å². The molecule has 1 aromatic carbocycles. The first-order valence-electron chi connectivity index (χ1n) is 10.3. The number of aromatic nitrogens is 4. The first kappa shape index (κ1) is 19.6. The molecule has 154 valence electrons. The van der Waals surface area contributed by atoms with Gasteiger partial charge in [0.1, 0.15) is 0 Å². The van der Waals surface area contributed by atoms with Gasteiger partial charge < -0.3 is 10.2 Å². The predicted octanol–water partition coefficient (Wildman–Crippen LogP) is 4.60. The molecule has 1 aliphatic carbocycles. The van der Waals surface area contributed by atoms with E-state index in [0.717, 1.165) is 69.2 Å². The maximum absolute atomic E-state index is 9.50. The molecule has 0 bridgehead atoms. The van der Waals surface area contributed by atoms with Crippen molar-refractivity contribution in [3.8, 4) is 11.1 Å². The van der Waals surface area contributed by atoms with E-state index in [9.17, 15) is 10.2 Å². The number of aryl methyl sites for hydroxylation is 1. The Morgan fingerprint density at radius 2 is 1.87 bits per heavy atom. The largest absolute Gasteiger partial charge is 0.368 e. The Kier molecular flexibility index (Phi) is 5.05. The predicted molar refractivity (Wildman–Crippen MR) is 119 cm³/mol. The molecule has 2 N–H and O–H groups in total. The number of hydrogen-bond acceptors (Lipinski definition) is 5. The van der Waals surface area contributed by atoms with Crippen LogP contribution in [0, 0.1) is 12.8 Å². The first-order valence-corrected chi connectivity index (χ1v) is 11.1. The zero-order valence-corrected chi connectivity index (χ0v) is 18.2. The molecule has 0 amide bonds. The fraction of sp³-hybridized carbons (Fsp3) is 0.348. The van der Waals surface area contributed by atoms with Gasteiger partial charge in [0.2, 0.25) is 0 Å². The van der Waals surface area contributed by atoms with Crippen LogP contribution < -0.4 is 0 Å². The van der Waals surface area contributed by atoms with Crippen LogP contribution in [0.3, 0.4) is 0 Å². The average molecular weight is 467 g/mol. The third-order valence-corrected chi connectivity index (χ3v) is 7.29. The van der Waals surface area contributed by atoms with Crippen LogP contribution in [-0.2, 0) is 0 Å². The second-order valence-electron chi connectivity index (χ2n) is 8.13. The van der Waals surface area contributed by atoms with Gasteiger partial charge in [-0.3, -0.25) is 4.98 Å². The number of para-hydroxylation sites is 1. The second kappa shape index (κ2) is 7.72. The Hall–Kier alpha value is -2.35. The molecular weight excluding hydrogens is 444 g/mol. The van der Waals surface area contributed by atoms with Gasteiger partial charge in [0.15, 0.2) is 11.9 Å². The third-order valence-electron chi connectivity index (χ3n) is 6.31. The standard InChI is InChI=1S/C23H23BrN4O2/c1-13-20(24)21(14-6-8-15(9-7-14)23(29)30)27-22-18(12-26-28(13)22)17-10-16-4-2-3-5-19(16)25-11-17/h2-5,10-12,14-15,23,29-30H,6-9H2,1H3. The van der Waals surface area contributed by atoms with E-state index in [0.29, 0.717) is 0 Å². The number of pyridine rings is 1. The van der Waals surface area contributed by atoms with Crippen LogP contribution in [0.15, 0.2) is 47.2 Å². The van der Waals surface area contributed by atoms with Crippen molar-refractivity contribution in [3.63, 3.8) is 0 Å². The summed E-state index contributed by atoms with van der Waals surface area (Å²) in [7, 11) is 0. The van der Waals surface area contributed by atoms with E-state index < -0.39 is 6.29 Å². The minimum atomic E-state index is -1.23. The van der Waals surface area contributed by atoms with Gasteiger partial charge in [0.25, 0.3) is 0 Å². The van der Waals surface area contributed by atoms with Crippen molar-refractivity contribution in [2.75, 3.05) is 0 Å². The van der Waals surface area contributed by atoms with Gasteiger partial charge in [-0.1, -0.05) is 18.2 Å². The summed E-state index contributed by atoms with van der Waals surface area (Å²) in [5.74, 6) is 0.245. The van der Waals surface area contributed by atoms with Crippen molar-refractivity contribution in [2.24, 2.45) is 5.92 Å². The van der Waals surface area contributed by atoms with Crippen LogP contribution in [0.25, 0.3) is 27.7 Å². The number of hydrogen-bond donors (Lipinski definition) is 2. The summed E-state index contributed by atoms with van der Waals surface area (Å²) in [6.07, 6.45) is 5.88. The van der Waals surface area contributed by atoms with Crippen molar-refractivity contribution >= 4 is 32.5 Å². The molecular formula is C23H23BrN4O2.